The van der Waals surface area contributed by atoms with E-state index in [1.807, 2.05) is 0 Å². The molecule has 4 bridgehead atoms. The van der Waals surface area contributed by atoms with E-state index in [-0.39, 0.29) is 5.41 Å². The molecule has 2 heteroatoms. The molecule has 0 saturated heterocycles. The smallest absolute Gasteiger partial charge is 0.0541 e. The van der Waals surface area contributed by atoms with E-state index >= 15 is 0 Å². The van der Waals surface area contributed by atoms with Crippen molar-refractivity contribution in [3.8, 4) is 27.9 Å². The summed E-state index contributed by atoms with van der Waals surface area (Å²) in [6.07, 6.45) is 7.00. The van der Waals surface area contributed by atoms with Gasteiger partial charge in [0.15, 0.2) is 0 Å². The summed E-state index contributed by atoms with van der Waals surface area (Å²) < 4.78 is 2.42. The first kappa shape index (κ1) is 30.6. The van der Waals surface area contributed by atoms with E-state index in [0.717, 1.165) is 29.4 Å². The molecule has 0 N–H and O–H groups in total. The van der Waals surface area contributed by atoms with Crippen molar-refractivity contribution in [1.82, 2.24) is 4.57 Å². The lowest BCUT2D eigenvalue weighted by atomic mass is 9.43. The maximum absolute atomic E-state index is 2.63. The Labute approximate surface area is 317 Å². The first-order valence-electron chi connectivity index (χ1n) is 20.0. The lowest BCUT2D eigenvalue weighted by Gasteiger charge is -2.61. The Morgan fingerprint density at radius 3 is 1.70 bits per heavy atom. The first-order valence-corrected chi connectivity index (χ1v) is 20.0. The van der Waals surface area contributed by atoms with Crippen LogP contribution in [0.4, 0.5) is 17.1 Å². The molecule has 2 nitrogen and oxygen atoms in total. The predicted molar refractivity (Wildman–Crippen MR) is 224 cm³/mol. The van der Waals surface area contributed by atoms with E-state index in [1.165, 1.54) is 93.2 Å². The number of para-hydroxylation sites is 3. The third-order valence-corrected chi connectivity index (χ3v) is 14.0. The highest BCUT2D eigenvalue weighted by atomic mass is 15.1. The second kappa shape index (κ2) is 11.6. The molecule has 5 aliphatic carbocycles. The maximum atomic E-state index is 2.63. The van der Waals surface area contributed by atoms with Crippen molar-refractivity contribution in [2.24, 2.45) is 23.7 Å². The number of anilines is 3. The van der Waals surface area contributed by atoms with Gasteiger partial charge in [0.2, 0.25) is 0 Å². The van der Waals surface area contributed by atoms with E-state index in [4.69, 9.17) is 0 Å². The highest BCUT2D eigenvalue weighted by Gasteiger charge is 2.61. The van der Waals surface area contributed by atoms with Gasteiger partial charge in [-0.05, 0) is 138 Å². The van der Waals surface area contributed by atoms with Crippen LogP contribution in [0.2, 0.25) is 0 Å². The third-order valence-electron chi connectivity index (χ3n) is 14.0. The Morgan fingerprint density at radius 1 is 0.444 bits per heavy atom. The fourth-order valence-corrected chi connectivity index (χ4v) is 12.2. The van der Waals surface area contributed by atoms with Crippen LogP contribution in [0.1, 0.15) is 43.2 Å². The van der Waals surface area contributed by atoms with Gasteiger partial charge in [0.25, 0.3) is 0 Å². The van der Waals surface area contributed by atoms with Crippen molar-refractivity contribution in [3.63, 3.8) is 0 Å². The van der Waals surface area contributed by atoms with E-state index in [2.05, 4.69) is 179 Å². The predicted octanol–water partition coefficient (Wildman–Crippen LogP) is 13.6. The Kier molecular flexibility index (Phi) is 6.55. The minimum Gasteiger partial charge on any atom is -0.310 e. The lowest BCUT2D eigenvalue weighted by Crippen LogP contribution is -2.55. The van der Waals surface area contributed by atoms with Gasteiger partial charge in [-0.25, -0.2) is 0 Å². The molecule has 4 saturated carbocycles. The number of benzene rings is 7. The zero-order valence-corrected chi connectivity index (χ0v) is 30.4. The molecular formula is C52H42N2. The summed E-state index contributed by atoms with van der Waals surface area (Å²) >= 11 is 0. The van der Waals surface area contributed by atoms with Crippen molar-refractivity contribution in [2.45, 2.75) is 37.5 Å². The highest BCUT2D eigenvalue weighted by molar-refractivity contribution is 6.09. The van der Waals surface area contributed by atoms with Gasteiger partial charge in [0, 0.05) is 38.8 Å². The largest absolute Gasteiger partial charge is 0.310 e. The molecule has 54 heavy (non-hydrogen) atoms. The molecule has 0 radical (unpaired) electrons. The Bertz CT molecular complexity index is 2650. The van der Waals surface area contributed by atoms with Crippen molar-refractivity contribution in [3.05, 3.63) is 181 Å². The van der Waals surface area contributed by atoms with Crippen LogP contribution in [0.25, 0.3) is 49.7 Å². The van der Waals surface area contributed by atoms with Gasteiger partial charge in [0.1, 0.15) is 0 Å². The van der Waals surface area contributed by atoms with Crippen LogP contribution in [-0.2, 0) is 5.41 Å². The Hall–Kier alpha value is -5.86. The SMILES string of the molecule is c1ccc(-c2ccccc2N(c2ccc(-n3c4ccccc4c4ccccc43)cc2)c2ccc3c(c2)C2(c4ccccc4-3)C3CC4CC(C3)CC2C4)cc1. The van der Waals surface area contributed by atoms with E-state index < -0.39 is 0 Å². The number of rotatable bonds is 5. The molecule has 260 valence electrons. The summed E-state index contributed by atoms with van der Waals surface area (Å²) in [7, 11) is 0. The van der Waals surface area contributed by atoms with Gasteiger partial charge >= 0.3 is 0 Å². The minimum absolute atomic E-state index is 0.111. The van der Waals surface area contributed by atoms with Gasteiger partial charge < -0.3 is 9.47 Å². The number of hydrogen-bond acceptors (Lipinski definition) is 1. The minimum atomic E-state index is 0.111. The van der Waals surface area contributed by atoms with Gasteiger partial charge in [-0.3, -0.25) is 0 Å². The van der Waals surface area contributed by atoms with Crippen molar-refractivity contribution >= 4 is 38.9 Å². The number of fused-ring (bicyclic) bond motifs is 6. The van der Waals surface area contributed by atoms with Gasteiger partial charge in [-0.15, -0.1) is 0 Å². The quantitative estimate of drug-likeness (QED) is 0.174. The monoisotopic (exact) mass is 694 g/mol. The molecule has 1 aromatic heterocycles. The van der Waals surface area contributed by atoms with Crippen LogP contribution >= 0.6 is 0 Å². The second-order valence-corrected chi connectivity index (χ2v) is 16.6. The summed E-state index contributed by atoms with van der Waals surface area (Å²) in [5.74, 6) is 3.28. The van der Waals surface area contributed by atoms with Crippen LogP contribution in [0.15, 0.2) is 170 Å². The van der Waals surface area contributed by atoms with Gasteiger partial charge in [0.05, 0.1) is 16.7 Å². The average molecular weight is 695 g/mol. The van der Waals surface area contributed by atoms with E-state index in [0.29, 0.717) is 0 Å². The fourth-order valence-electron chi connectivity index (χ4n) is 12.2. The molecule has 1 heterocycles. The molecule has 13 rings (SSSR count). The molecule has 1 spiro atoms. The molecule has 8 aromatic rings. The van der Waals surface area contributed by atoms with Gasteiger partial charge in [-0.2, -0.15) is 0 Å². The molecule has 4 fully saturated rings. The Balaban J connectivity index is 1.06. The van der Waals surface area contributed by atoms with Crippen LogP contribution in [0.5, 0.6) is 0 Å². The number of hydrogen-bond donors (Lipinski definition) is 0. The molecule has 0 atom stereocenters. The molecule has 5 aliphatic rings. The average Bonchev–Trinajstić information content (AvgIpc) is 3.71. The van der Waals surface area contributed by atoms with Crippen LogP contribution in [0.3, 0.4) is 0 Å². The van der Waals surface area contributed by atoms with Crippen molar-refractivity contribution < 1.29 is 0 Å². The summed E-state index contributed by atoms with van der Waals surface area (Å²) in [5.41, 5.74) is 15.9. The molecular weight excluding hydrogens is 653 g/mol. The zero-order valence-electron chi connectivity index (χ0n) is 30.4. The zero-order chi connectivity index (χ0) is 35.4. The van der Waals surface area contributed by atoms with Crippen LogP contribution < -0.4 is 4.90 Å². The summed E-state index contributed by atoms with van der Waals surface area (Å²) in [6.45, 7) is 0. The standard InChI is InChI=1S/C52H42N2/c1-2-12-36(13-3-1)42-14-5-9-19-49(42)53(39-22-24-40(25-23-39)54-50-20-10-6-16-45(50)46-17-7-11-21-51(46)54)41-26-27-44-43-15-4-8-18-47(43)52(48(44)33-41)37-29-34-28-35(31-37)32-38(52)30-34/h1-27,33-35,37-38H,28-32H2. The molecule has 0 aliphatic heterocycles. The highest BCUT2D eigenvalue weighted by Crippen LogP contribution is 2.69. The number of nitrogens with zero attached hydrogens (tertiary/aromatic N) is 2. The molecule has 7 aromatic carbocycles. The normalized spacial score (nSPS) is 23.3. The number of aromatic nitrogens is 1. The summed E-state index contributed by atoms with van der Waals surface area (Å²) in [5, 5.41) is 2.57. The van der Waals surface area contributed by atoms with Crippen LogP contribution in [0, 0.1) is 23.7 Å². The molecule has 0 unspecified atom stereocenters. The first-order chi connectivity index (χ1) is 26.8. The lowest BCUT2D eigenvalue weighted by molar-refractivity contribution is -0.0399. The van der Waals surface area contributed by atoms with Crippen molar-refractivity contribution in [1.29, 1.82) is 0 Å². The summed E-state index contributed by atoms with van der Waals surface area (Å²) in [4.78, 5) is 2.53. The van der Waals surface area contributed by atoms with E-state index in [1.54, 1.807) is 11.1 Å². The van der Waals surface area contributed by atoms with Crippen molar-refractivity contribution in [2.75, 3.05) is 4.90 Å². The van der Waals surface area contributed by atoms with Crippen LogP contribution in [-0.4, -0.2) is 4.57 Å². The summed E-state index contributed by atoms with van der Waals surface area (Å²) in [6, 6.07) is 63.7. The third kappa shape index (κ3) is 4.23. The topological polar surface area (TPSA) is 8.17 Å². The van der Waals surface area contributed by atoms with E-state index in [9.17, 15) is 0 Å². The molecule has 0 amide bonds. The maximum Gasteiger partial charge on any atom is 0.0541 e. The second-order valence-electron chi connectivity index (χ2n) is 16.6. The van der Waals surface area contributed by atoms with Gasteiger partial charge in [-0.1, -0.05) is 115 Å². The Morgan fingerprint density at radius 2 is 1.00 bits per heavy atom. The fraction of sp³-hybridized carbons (Fsp3) is 0.192.